The molecule has 7 heteroatoms. The van der Waals surface area contributed by atoms with Gasteiger partial charge < -0.3 is 29.4 Å². The minimum atomic E-state index is -0.123. The molecule has 39 heavy (non-hydrogen) atoms. The summed E-state index contributed by atoms with van der Waals surface area (Å²) >= 11 is 0. The van der Waals surface area contributed by atoms with Crippen LogP contribution in [-0.2, 0) is 23.7 Å². The van der Waals surface area contributed by atoms with Crippen molar-refractivity contribution < 1.29 is 28.5 Å². The van der Waals surface area contributed by atoms with Crippen LogP contribution in [0.25, 0.3) is 0 Å². The van der Waals surface area contributed by atoms with Gasteiger partial charge in [0, 0.05) is 12.1 Å². The fourth-order valence-corrected chi connectivity index (χ4v) is 4.25. The van der Waals surface area contributed by atoms with Crippen LogP contribution >= 0.6 is 0 Å². The van der Waals surface area contributed by atoms with Crippen molar-refractivity contribution >= 4 is 11.7 Å². The molecule has 1 aromatic carbocycles. The van der Waals surface area contributed by atoms with Gasteiger partial charge in [0.1, 0.15) is 19.0 Å². The summed E-state index contributed by atoms with van der Waals surface area (Å²) in [7, 11) is 0. The lowest BCUT2D eigenvalue weighted by atomic mass is 10.0. The van der Waals surface area contributed by atoms with Gasteiger partial charge in [0.15, 0.2) is 0 Å². The maximum absolute atomic E-state index is 11.8. The van der Waals surface area contributed by atoms with Crippen LogP contribution in [0.3, 0.4) is 0 Å². The number of carbonyl (C=O) groups is 1. The van der Waals surface area contributed by atoms with Crippen molar-refractivity contribution in [3.05, 3.63) is 24.3 Å². The Morgan fingerprint density at radius 3 is 1.46 bits per heavy atom. The molecule has 0 aromatic heterocycles. The highest BCUT2D eigenvalue weighted by Gasteiger charge is 2.03. The number of esters is 1. The van der Waals surface area contributed by atoms with Gasteiger partial charge in [-0.15, -0.1) is 0 Å². The highest BCUT2D eigenvalue weighted by atomic mass is 16.6. The summed E-state index contributed by atoms with van der Waals surface area (Å²) in [5.41, 5.74) is 6.35. The smallest absolute Gasteiger partial charge is 0.305 e. The van der Waals surface area contributed by atoms with Crippen LogP contribution < -0.4 is 10.5 Å². The van der Waals surface area contributed by atoms with Gasteiger partial charge in [-0.3, -0.25) is 4.79 Å². The van der Waals surface area contributed by atoms with Crippen molar-refractivity contribution in [2.24, 2.45) is 0 Å². The highest BCUT2D eigenvalue weighted by molar-refractivity contribution is 5.69. The Hall–Kier alpha value is -1.83. The van der Waals surface area contributed by atoms with E-state index in [0.717, 1.165) is 18.6 Å². The van der Waals surface area contributed by atoms with Crippen LogP contribution in [0.4, 0.5) is 5.69 Å². The van der Waals surface area contributed by atoms with E-state index in [0.29, 0.717) is 65.0 Å². The minimum absolute atomic E-state index is 0.123. The summed E-state index contributed by atoms with van der Waals surface area (Å²) in [6, 6.07) is 7.28. The van der Waals surface area contributed by atoms with Gasteiger partial charge in [-0.1, -0.05) is 96.8 Å². The first-order chi connectivity index (χ1) is 19.2. The normalized spacial score (nSPS) is 11.1. The molecule has 0 saturated carbocycles. The van der Waals surface area contributed by atoms with Crippen LogP contribution in [-0.4, -0.2) is 58.8 Å². The van der Waals surface area contributed by atoms with Gasteiger partial charge in [-0.05, 0) is 30.7 Å². The molecule has 0 aliphatic carbocycles. The predicted octanol–water partition coefficient (Wildman–Crippen LogP) is 7.50. The average molecular weight is 552 g/mol. The first kappa shape index (κ1) is 35.2. The van der Waals surface area contributed by atoms with Crippen LogP contribution in [0.5, 0.6) is 5.75 Å². The standard InChI is InChI=1S/C32H57NO6/c1-2-3-4-5-6-7-8-9-10-11-12-13-14-15-16-17-32(34)39-29-27-37-25-23-35-22-24-36-26-28-38-31-20-18-30(33)19-21-31/h18-21H,2-17,22-29,33H2,1H3. The highest BCUT2D eigenvalue weighted by Crippen LogP contribution is 2.14. The number of nitrogens with two attached hydrogens (primary N) is 1. The fraction of sp³-hybridized carbons (Fsp3) is 0.781. The van der Waals surface area contributed by atoms with Crippen molar-refractivity contribution in [2.75, 3.05) is 58.6 Å². The molecule has 7 nitrogen and oxygen atoms in total. The van der Waals surface area contributed by atoms with E-state index in [4.69, 9.17) is 29.4 Å². The Morgan fingerprint density at radius 1 is 0.564 bits per heavy atom. The number of anilines is 1. The molecule has 0 amide bonds. The molecule has 0 atom stereocenters. The zero-order chi connectivity index (χ0) is 28.1. The van der Waals surface area contributed by atoms with Crippen molar-refractivity contribution in [1.29, 1.82) is 0 Å². The van der Waals surface area contributed by atoms with E-state index < -0.39 is 0 Å². The molecule has 0 aliphatic heterocycles. The SMILES string of the molecule is CCCCCCCCCCCCCCCCCC(=O)OCCOCCOCCOCCOc1ccc(N)cc1. The van der Waals surface area contributed by atoms with Crippen molar-refractivity contribution in [3.63, 3.8) is 0 Å². The van der Waals surface area contributed by atoms with E-state index in [1.165, 1.54) is 83.5 Å². The Morgan fingerprint density at radius 2 is 0.974 bits per heavy atom. The van der Waals surface area contributed by atoms with Gasteiger partial charge in [-0.2, -0.15) is 0 Å². The molecule has 0 aliphatic rings. The van der Waals surface area contributed by atoms with E-state index in [-0.39, 0.29) is 5.97 Å². The average Bonchev–Trinajstić information content (AvgIpc) is 2.94. The molecule has 0 bridgehead atoms. The minimum Gasteiger partial charge on any atom is -0.491 e. The van der Waals surface area contributed by atoms with Gasteiger partial charge in [0.2, 0.25) is 0 Å². The molecule has 1 rings (SSSR count). The van der Waals surface area contributed by atoms with E-state index in [1.54, 1.807) is 12.1 Å². The van der Waals surface area contributed by atoms with E-state index in [1.807, 2.05) is 12.1 Å². The largest absolute Gasteiger partial charge is 0.491 e. The summed E-state index contributed by atoms with van der Waals surface area (Å²) < 4.78 is 27.2. The van der Waals surface area contributed by atoms with Gasteiger partial charge in [-0.25, -0.2) is 0 Å². The number of carbonyl (C=O) groups excluding carboxylic acids is 1. The zero-order valence-electron chi connectivity index (χ0n) is 24.8. The number of ether oxygens (including phenoxy) is 5. The lowest BCUT2D eigenvalue weighted by Crippen LogP contribution is -2.14. The third-order valence-electron chi connectivity index (χ3n) is 6.60. The van der Waals surface area contributed by atoms with Gasteiger partial charge >= 0.3 is 5.97 Å². The summed E-state index contributed by atoms with van der Waals surface area (Å²) in [5, 5.41) is 0. The van der Waals surface area contributed by atoms with E-state index in [9.17, 15) is 4.79 Å². The number of hydrogen-bond donors (Lipinski definition) is 1. The van der Waals surface area contributed by atoms with Crippen molar-refractivity contribution in [2.45, 2.75) is 110 Å². The Labute approximate surface area is 238 Å². The monoisotopic (exact) mass is 551 g/mol. The molecule has 226 valence electrons. The Balaban J connectivity index is 1.71. The van der Waals surface area contributed by atoms with E-state index in [2.05, 4.69) is 6.92 Å². The predicted molar refractivity (Wildman–Crippen MR) is 159 cm³/mol. The second-order valence-corrected chi connectivity index (χ2v) is 10.2. The number of nitrogen functional groups attached to an aromatic ring is 1. The lowest BCUT2D eigenvalue weighted by Gasteiger charge is -2.09. The number of unbranched alkanes of at least 4 members (excludes halogenated alkanes) is 14. The Bertz CT molecular complexity index is 655. The maximum Gasteiger partial charge on any atom is 0.305 e. The molecule has 2 N–H and O–H groups in total. The van der Waals surface area contributed by atoms with E-state index >= 15 is 0 Å². The molecule has 0 radical (unpaired) electrons. The third-order valence-corrected chi connectivity index (χ3v) is 6.60. The molecular formula is C32H57NO6. The molecule has 1 aromatic rings. The summed E-state index contributed by atoms with van der Waals surface area (Å²) in [6.07, 6.45) is 20.3. The van der Waals surface area contributed by atoms with Crippen molar-refractivity contribution in [1.82, 2.24) is 0 Å². The maximum atomic E-state index is 11.8. The fourth-order valence-electron chi connectivity index (χ4n) is 4.25. The third kappa shape index (κ3) is 24.9. The summed E-state index contributed by atoms with van der Waals surface area (Å²) in [4.78, 5) is 11.8. The van der Waals surface area contributed by atoms with Crippen LogP contribution in [0, 0.1) is 0 Å². The zero-order valence-corrected chi connectivity index (χ0v) is 24.8. The van der Waals surface area contributed by atoms with Crippen LogP contribution in [0.15, 0.2) is 24.3 Å². The molecular weight excluding hydrogens is 494 g/mol. The number of hydrogen-bond acceptors (Lipinski definition) is 7. The Kier molecular flexibility index (Phi) is 25.0. The first-order valence-corrected chi connectivity index (χ1v) is 15.6. The van der Waals surface area contributed by atoms with Gasteiger partial charge in [0.25, 0.3) is 0 Å². The molecule has 0 saturated heterocycles. The number of benzene rings is 1. The van der Waals surface area contributed by atoms with Crippen molar-refractivity contribution in [3.8, 4) is 5.75 Å². The number of rotatable bonds is 29. The summed E-state index contributed by atoms with van der Waals surface area (Å²) in [6.45, 7) is 5.90. The quantitative estimate of drug-likeness (QED) is 0.0626. The van der Waals surface area contributed by atoms with Crippen LogP contribution in [0.2, 0.25) is 0 Å². The van der Waals surface area contributed by atoms with Gasteiger partial charge in [0.05, 0.1) is 39.6 Å². The molecule has 0 spiro atoms. The second-order valence-electron chi connectivity index (χ2n) is 10.2. The first-order valence-electron chi connectivity index (χ1n) is 15.6. The topological polar surface area (TPSA) is 89.2 Å². The van der Waals surface area contributed by atoms with Crippen LogP contribution in [0.1, 0.15) is 110 Å². The second kappa shape index (κ2) is 27.7. The molecule has 0 fully saturated rings. The molecule has 0 heterocycles. The summed E-state index contributed by atoms with van der Waals surface area (Å²) in [5.74, 6) is 0.652. The lowest BCUT2D eigenvalue weighted by molar-refractivity contribution is -0.145. The molecule has 0 unspecified atom stereocenters.